The predicted octanol–water partition coefficient (Wildman–Crippen LogP) is 3.77. The van der Waals surface area contributed by atoms with Gasteiger partial charge in [0.15, 0.2) is 0 Å². The molecule has 0 radical (unpaired) electrons. The number of hydrogen-bond acceptors (Lipinski definition) is 2. The van der Waals surface area contributed by atoms with E-state index in [1.165, 1.54) is 5.56 Å². The van der Waals surface area contributed by atoms with Crippen molar-refractivity contribution in [3.05, 3.63) is 48.0 Å². The minimum Gasteiger partial charge on any atom is -0.342 e. The smallest absolute Gasteiger partial charge is 0.226 e. The maximum absolute atomic E-state index is 12.7. The molecule has 27 heavy (non-hydrogen) atoms. The Morgan fingerprint density at radius 2 is 1.63 bits per heavy atom. The molecule has 144 valence electrons. The molecule has 0 N–H and O–H groups in total. The highest BCUT2D eigenvalue weighted by Gasteiger charge is 2.39. The van der Waals surface area contributed by atoms with Gasteiger partial charge in [-0.3, -0.25) is 9.59 Å². The van der Waals surface area contributed by atoms with Crippen LogP contribution >= 0.6 is 0 Å². The van der Waals surface area contributed by atoms with Crippen molar-refractivity contribution >= 4 is 11.8 Å². The number of likely N-dealkylation sites (tertiary alicyclic amines) is 2. The molecule has 0 bridgehead atoms. The van der Waals surface area contributed by atoms with E-state index in [0.717, 1.165) is 64.7 Å². The molecule has 0 unspecified atom stereocenters. The average Bonchev–Trinajstić information content (AvgIpc) is 3.20. The first-order chi connectivity index (χ1) is 13.2. The van der Waals surface area contributed by atoms with Gasteiger partial charge in [-0.05, 0) is 49.5 Å². The van der Waals surface area contributed by atoms with E-state index in [2.05, 4.69) is 29.2 Å². The summed E-state index contributed by atoms with van der Waals surface area (Å²) in [5.74, 6) is 0.799. The molecule has 2 amide bonds. The zero-order chi connectivity index (χ0) is 18.7. The summed E-state index contributed by atoms with van der Waals surface area (Å²) in [6, 6.07) is 10.3. The van der Waals surface area contributed by atoms with Crippen molar-refractivity contribution < 1.29 is 9.59 Å². The fourth-order valence-electron chi connectivity index (χ4n) is 4.90. The maximum Gasteiger partial charge on any atom is 0.226 e. The molecule has 2 heterocycles. The highest BCUT2D eigenvalue weighted by atomic mass is 16.2. The van der Waals surface area contributed by atoms with Crippen LogP contribution in [0.4, 0.5) is 0 Å². The van der Waals surface area contributed by atoms with Crippen molar-refractivity contribution in [1.29, 1.82) is 0 Å². The normalized spacial score (nSPS) is 23.0. The van der Waals surface area contributed by atoms with Gasteiger partial charge in [0.25, 0.3) is 0 Å². The summed E-state index contributed by atoms with van der Waals surface area (Å²) in [5.41, 5.74) is 1.44. The quantitative estimate of drug-likeness (QED) is 0.764. The van der Waals surface area contributed by atoms with Crippen molar-refractivity contribution in [2.45, 2.75) is 51.5 Å². The number of allylic oxidation sites excluding steroid dienone is 2. The summed E-state index contributed by atoms with van der Waals surface area (Å²) in [4.78, 5) is 29.4. The standard InChI is InChI=1S/C23H30N2O2/c26-21-10-11-23(14-17-25(21)18-19-6-2-1-3-7-19)12-15-24(16-13-23)22(27)20-8-4-5-9-20/h1-7,20H,8-18H2. The molecule has 2 aliphatic heterocycles. The van der Waals surface area contributed by atoms with Crippen LogP contribution in [-0.2, 0) is 16.1 Å². The Morgan fingerprint density at radius 3 is 2.33 bits per heavy atom. The topological polar surface area (TPSA) is 40.6 Å². The van der Waals surface area contributed by atoms with Crippen LogP contribution in [0.5, 0.6) is 0 Å². The molecule has 0 saturated carbocycles. The number of nitrogens with zero attached hydrogens (tertiary/aromatic N) is 2. The Bertz CT molecular complexity index is 696. The molecule has 2 saturated heterocycles. The lowest BCUT2D eigenvalue weighted by molar-refractivity contribution is -0.137. The van der Waals surface area contributed by atoms with Crippen molar-refractivity contribution in [3.8, 4) is 0 Å². The van der Waals surface area contributed by atoms with E-state index in [0.29, 0.717) is 12.3 Å². The lowest BCUT2D eigenvalue weighted by atomic mass is 9.72. The number of carbonyl (C=O) groups excluding carboxylic acids is 2. The number of amides is 2. The first kappa shape index (κ1) is 18.3. The summed E-state index contributed by atoms with van der Waals surface area (Å²) in [6.07, 6.45) is 10.9. The average molecular weight is 367 g/mol. The Kier molecular flexibility index (Phi) is 5.33. The van der Waals surface area contributed by atoms with E-state index in [-0.39, 0.29) is 17.2 Å². The largest absolute Gasteiger partial charge is 0.342 e. The van der Waals surface area contributed by atoms with Gasteiger partial charge in [-0.1, -0.05) is 42.5 Å². The van der Waals surface area contributed by atoms with Crippen molar-refractivity contribution in [1.82, 2.24) is 9.80 Å². The van der Waals surface area contributed by atoms with Gasteiger partial charge in [0.05, 0.1) is 0 Å². The van der Waals surface area contributed by atoms with Crippen LogP contribution in [0.15, 0.2) is 42.5 Å². The third-order valence-electron chi connectivity index (χ3n) is 6.84. The van der Waals surface area contributed by atoms with Gasteiger partial charge in [0, 0.05) is 38.5 Å². The first-order valence-corrected chi connectivity index (χ1v) is 10.4. The molecule has 2 fully saturated rings. The lowest BCUT2D eigenvalue weighted by Crippen LogP contribution is -2.45. The Balaban J connectivity index is 1.34. The number of hydrogen-bond donors (Lipinski definition) is 0. The summed E-state index contributed by atoms with van der Waals surface area (Å²) < 4.78 is 0. The van der Waals surface area contributed by atoms with Crippen LogP contribution in [0.1, 0.15) is 50.5 Å². The first-order valence-electron chi connectivity index (χ1n) is 10.4. The van der Waals surface area contributed by atoms with Crippen LogP contribution in [0.3, 0.4) is 0 Å². The molecule has 0 aromatic heterocycles. The fraction of sp³-hybridized carbons (Fsp3) is 0.565. The molecule has 0 atom stereocenters. The second-order valence-electron chi connectivity index (χ2n) is 8.52. The van der Waals surface area contributed by atoms with E-state index in [1.54, 1.807) is 0 Å². The molecule has 1 aromatic carbocycles. The Hall–Kier alpha value is -2.10. The number of carbonyl (C=O) groups is 2. The van der Waals surface area contributed by atoms with Crippen molar-refractivity contribution in [2.24, 2.45) is 11.3 Å². The second-order valence-corrected chi connectivity index (χ2v) is 8.52. The highest BCUT2D eigenvalue weighted by molar-refractivity contribution is 5.80. The summed E-state index contributed by atoms with van der Waals surface area (Å²) in [7, 11) is 0. The van der Waals surface area contributed by atoms with Gasteiger partial charge >= 0.3 is 0 Å². The highest BCUT2D eigenvalue weighted by Crippen LogP contribution is 2.42. The molecule has 4 rings (SSSR count). The fourth-order valence-corrected chi connectivity index (χ4v) is 4.90. The number of piperidine rings is 1. The molecule has 1 aromatic rings. The number of rotatable bonds is 3. The third-order valence-corrected chi connectivity index (χ3v) is 6.84. The van der Waals surface area contributed by atoms with Gasteiger partial charge in [0.1, 0.15) is 0 Å². The summed E-state index contributed by atoms with van der Waals surface area (Å²) in [5, 5.41) is 0. The summed E-state index contributed by atoms with van der Waals surface area (Å²) >= 11 is 0. The number of benzene rings is 1. The van der Waals surface area contributed by atoms with Gasteiger partial charge in [-0.25, -0.2) is 0 Å². The van der Waals surface area contributed by atoms with Crippen LogP contribution in [0.25, 0.3) is 0 Å². The third kappa shape index (κ3) is 4.10. The SMILES string of the molecule is O=C1CCC2(CCN1Cc1ccccc1)CCN(C(=O)C1CC=CC1)CC2. The van der Waals surface area contributed by atoms with E-state index < -0.39 is 0 Å². The molecule has 4 heteroatoms. The van der Waals surface area contributed by atoms with Gasteiger partial charge in [0.2, 0.25) is 11.8 Å². The van der Waals surface area contributed by atoms with Crippen molar-refractivity contribution in [3.63, 3.8) is 0 Å². The predicted molar refractivity (Wildman–Crippen MR) is 106 cm³/mol. The summed E-state index contributed by atoms with van der Waals surface area (Å²) in [6.45, 7) is 3.29. The van der Waals surface area contributed by atoms with Crippen LogP contribution in [0, 0.1) is 11.3 Å². The zero-order valence-electron chi connectivity index (χ0n) is 16.1. The minimum atomic E-state index is 0.177. The second kappa shape index (κ2) is 7.87. The molecular formula is C23H30N2O2. The van der Waals surface area contributed by atoms with E-state index in [4.69, 9.17) is 0 Å². The minimum absolute atomic E-state index is 0.177. The van der Waals surface area contributed by atoms with Crippen LogP contribution in [-0.4, -0.2) is 41.2 Å². The zero-order valence-corrected chi connectivity index (χ0v) is 16.1. The van der Waals surface area contributed by atoms with Gasteiger partial charge in [-0.2, -0.15) is 0 Å². The molecular weight excluding hydrogens is 336 g/mol. The Labute approximate surface area is 162 Å². The van der Waals surface area contributed by atoms with Gasteiger partial charge < -0.3 is 9.80 Å². The van der Waals surface area contributed by atoms with Crippen molar-refractivity contribution in [2.75, 3.05) is 19.6 Å². The lowest BCUT2D eigenvalue weighted by Gasteiger charge is -2.42. The molecule has 4 nitrogen and oxygen atoms in total. The van der Waals surface area contributed by atoms with E-state index >= 15 is 0 Å². The van der Waals surface area contributed by atoms with E-state index in [9.17, 15) is 9.59 Å². The van der Waals surface area contributed by atoms with Crippen LogP contribution < -0.4 is 0 Å². The maximum atomic E-state index is 12.7. The van der Waals surface area contributed by atoms with Crippen LogP contribution in [0.2, 0.25) is 0 Å². The van der Waals surface area contributed by atoms with E-state index in [1.807, 2.05) is 23.1 Å². The monoisotopic (exact) mass is 366 g/mol. The molecule has 1 spiro atoms. The Morgan fingerprint density at radius 1 is 0.963 bits per heavy atom. The molecule has 1 aliphatic carbocycles. The van der Waals surface area contributed by atoms with Gasteiger partial charge in [-0.15, -0.1) is 0 Å². The molecule has 3 aliphatic rings.